The average Bonchev–Trinajstić information content (AvgIpc) is 2.75. The highest BCUT2D eigenvalue weighted by atomic mass is 19.4. The number of pyridine rings is 1. The maximum atomic E-state index is 12.9. The molecule has 0 bridgehead atoms. The second-order valence-corrected chi connectivity index (χ2v) is 6.68. The molecule has 166 valence electrons. The van der Waals surface area contributed by atoms with E-state index in [2.05, 4.69) is 5.32 Å². The van der Waals surface area contributed by atoms with Gasteiger partial charge >= 0.3 is 6.18 Å². The van der Waals surface area contributed by atoms with Gasteiger partial charge in [-0.15, -0.1) is 0 Å². The van der Waals surface area contributed by atoms with Crippen molar-refractivity contribution >= 4 is 17.3 Å². The van der Waals surface area contributed by atoms with Gasteiger partial charge < -0.3 is 14.6 Å². The van der Waals surface area contributed by atoms with Crippen LogP contribution in [0.4, 0.5) is 24.5 Å². The predicted molar refractivity (Wildman–Crippen MR) is 109 cm³/mol. The highest BCUT2D eigenvalue weighted by Gasteiger charge is 2.30. The molecular weight excluding hydrogens is 431 g/mol. The molecule has 8 nitrogen and oxygen atoms in total. The van der Waals surface area contributed by atoms with Gasteiger partial charge in [-0.1, -0.05) is 12.1 Å². The quantitative estimate of drug-likeness (QED) is 0.453. The van der Waals surface area contributed by atoms with E-state index in [1.165, 1.54) is 43.6 Å². The zero-order valence-electron chi connectivity index (χ0n) is 16.6. The Balaban J connectivity index is 1.85. The van der Waals surface area contributed by atoms with Crippen molar-refractivity contribution in [1.82, 2.24) is 4.57 Å². The van der Waals surface area contributed by atoms with Gasteiger partial charge in [0.05, 0.1) is 41.5 Å². The summed E-state index contributed by atoms with van der Waals surface area (Å²) in [4.78, 5) is 35.1. The van der Waals surface area contributed by atoms with Gasteiger partial charge in [0.1, 0.15) is 5.75 Å². The molecule has 2 aromatic carbocycles. The fraction of sp³-hybridized carbons (Fsp3) is 0.143. The molecular formula is C21H16F3N3O5. The van der Waals surface area contributed by atoms with Crippen LogP contribution in [0.2, 0.25) is 0 Å². The lowest BCUT2D eigenvalue weighted by Crippen LogP contribution is -2.23. The number of nitro benzene ring substituents is 1. The van der Waals surface area contributed by atoms with Crippen molar-refractivity contribution in [2.45, 2.75) is 12.7 Å². The summed E-state index contributed by atoms with van der Waals surface area (Å²) in [7, 11) is 1.28. The standard InChI is InChI=1S/C21H16F3N3O5/c1-32-18-10-16(27(30)31)6-7-17(18)25-20(29)14-5-8-19(28)26(12-14)11-13-3-2-4-15(9-13)21(22,23)24/h2-10,12H,11H2,1H3,(H,25,29). The van der Waals surface area contributed by atoms with Crippen LogP contribution < -0.4 is 15.6 Å². The van der Waals surface area contributed by atoms with Gasteiger partial charge in [-0.3, -0.25) is 19.7 Å². The first-order valence-corrected chi connectivity index (χ1v) is 9.09. The second kappa shape index (κ2) is 8.92. The van der Waals surface area contributed by atoms with Gasteiger partial charge in [0.25, 0.3) is 17.2 Å². The van der Waals surface area contributed by atoms with Crippen molar-refractivity contribution in [3.63, 3.8) is 0 Å². The summed E-state index contributed by atoms with van der Waals surface area (Å²) in [5.74, 6) is -0.584. The zero-order chi connectivity index (χ0) is 23.5. The fourth-order valence-electron chi connectivity index (χ4n) is 2.92. The van der Waals surface area contributed by atoms with Gasteiger partial charge in [0.2, 0.25) is 0 Å². The lowest BCUT2D eigenvalue weighted by molar-refractivity contribution is -0.384. The number of hydrogen-bond donors (Lipinski definition) is 1. The van der Waals surface area contributed by atoms with Crippen molar-refractivity contribution in [2.24, 2.45) is 0 Å². The number of methoxy groups -OCH3 is 1. The number of hydrogen-bond acceptors (Lipinski definition) is 5. The molecule has 0 fully saturated rings. The van der Waals surface area contributed by atoms with Gasteiger partial charge in [0.15, 0.2) is 0 Å². The molecule has 0 radical (unpaired) electrons. The first kappa shape index (κ1) is 22.5. The third kappa shape index (κ3) is 5.12. The summed E-state index contributed by atoms with van der Waals surface area (Å²) >= 11 is 0. The van der Waals surface area contributed by atoms with Crippen molar-refractivity contribution in [1.29, 1.82) is 0 Å². The fourth-order valence-corrected chi connectivity index (χ4v) is 2.92. The van der Waals surface area contributed by atoms with Crippen LogP contribution in [0.3, 0.4) is 0 Å². The number of ether oxygens (including phenoxy) is 1. The smallest absolute Gasteiger partial charge is 0.416 e. The number of amides is 1. The van der Waals surface area contributed by atoms with Crippen LogP contribution in [0.25, 0.3) is 0 Å². The summed E-state index contributed by atoms with van der Waals surface area (Å²) in [5, 5.41) is 13.4. The van der Waals surface area contributed by atoms with Crippen molar-refractivity contribution in [2.75, 3.05) is 12.4 Å². The monoisotopic (exact) mass is 447 g/mol. The van der Waals surface area contributed by atoms with Crippen molar-refractivity contribution < 1.29 is 27.6 Å². The highest BCUT2D eigenvalue weighted by Crippen LogP contribution is 2.30. The van der Waals surface area contributed by atoms with E-state index in [9.17, 15) is 32.9 Å². The predicted octanol–water partition coefficient (Wildman–Crippen LogP) is 4.08. The Morgan fingerprint density at radius 3 is 2.56 bits per heavy atom. The van der Waals surface area contributed by atoms with E-state index in [4.69, 9.17) is 4.74 Å². The number of nitrogens with one attached hydrogen (secondary N) is 1. The Kier molecular flexibility index (Phi) is 6.28. The van der Waals surface area contributed by atoms with E-state index >= 15 is 0 Å². The number of non-ortho nitro benzene ring substituents is 1. The Hall–Kier alpha value is -4.15. The van der Waals surface area contributed by atoms with E-state index in [1.807, 2.05) is 0 Å². The molecule has 1 amide bonds. The van der Waals surface area contributed by atoms with E-state index in [1.54, 1.807) is 0 Å². The molecule has 0 atom stereocenters. The summed E-state index contributed by atoms with van der Waals surface area (Å²) in [6.45, 7) is -0.176. The molecule has 0 aliphatic heterocycles. The number of rotatable bonds is 6. The third-order valence-corrected chi connectivity index (χ3v) is 4.50. The first-order valence-electron chi connectivity index (χ1n) is 9.09. The molecule has 0 spiro atoms. The minimum absolute atomic E-state index is 0.0528. The molecule has 0 aliphatic carbocycles. The number of benzene rings is 2. The second-order valence-electron chi connectivity index (χ2n) is 6.68. The minimum atomic E-state index is -4.52. The number of alkyl halides is 3. The first-order chi connectivity index (χ1) is 15.1. The molecule has 3 aromatic rings. The van der Waals surface area contributed by atoms with Crippen LogP contribution in [0.1, 0.15) is 21.5 Å². The van der Waals surface area contributed by atoms with E-state index < -0.39 is 28.1 Å². The van der Waals surface area contributed by atoms with Crippen LogP contribution in [-0.4, -0.2) is 22.5 Å². The molecule has 1 aromatic heterocycles. The summed E-state index contributed by atoms with van der Waals surface area (Å²) in [6, 6.07) is 10.5. The Bertz CT molecular complexity index is 1240. The topological polar surface area (TPSA) is 103 Å². The van der Waals surface area contributed by atoms with Crippen molar-refractivity contribution in [3.8, 4) is 5.75 Å². The molecule has 3 rings (SSSR count). The van der Waals surface area contributed by atoms with Gasteiger partial charge in [-0.25, -0.2) is 0 Å². The minimum Gasteiger partial charge on any atom is -0.494 e. The Morgan fingerprint density at radius 2 is 1.91 bits per heavy atom. The van der Waals surface area contributed by atoms with E-state index in [0.717, 1.165) is 28.8 Å². The number of nitrogens with zero attached hydrogens (tertiary/aromatic N) is 2. The highest BCUT2D eigenvalue weighted by molar-refractivity contribution is 6.04. The molecule has 11 heteroatoms. The van der Waals surface area contributed by atoms with Crippen LogP contribution >= 0.6 is 0 Å². The van der Waals surface area contributed by atoms with Crippen LogP contribution in [0.5, 0.6) is 5.75 Å². The van der Waals surface area contributed by atoms with Gasteiger partial charge in [0, 0.05) is 18.3 Å². The molecule has 1 heterocycles. The number of nitro groups is 1. The van der Waals surface area contributed by atoms with Crippen LogP contribution in [0, 0.1) is 10.1 Å². The molecule has 32 heavy (non-hydrogen) atoms. The Labute approximate surface area is 179 Å². The molecule has 0 unspecified atom stereocenters. The lowest BCUT2D eigenvalue weighted by atomic mass is 10.1. The maximum absolute atomic E-state index is 12.9. The largest absolute Gasteiger partial charge is 0.494 e. The van der Waals surface area contributed by atoms with Crippen LogP contribution in [-0.2, 0) is 12.7 Å². The number of carbonyl (C=O) groups is 1. The number of aromatic nitrogens is 1. The number of anilines is 1. The maximum Gasteiger partial charge on any atom is 0.416 e. The molecule has 0 saturated heterocycles. The normalized spacial score (nSPS) is 11.1. The molecule has 1 N–H and O–H groups in total. The molecule has 0 aliphatic rings. The molecule has 0 saturated carbocycles. The summed E-state index contributed by atoms with van der Waals surface area (Å²) < 4.78 is 45.0. The average molecular weight is 447 g/mol. The van der Waals surface area contributed by atoms with Gasteiger partial charge in [-0.2, -0.15) is 13.2 Å². The van der Waals surface area contributed by atoms with Gasteiger partial charge in [-0.05, 0) is 29.8 Å². The zero-order valence-corrected chi connectivity index (χ0v) is 16.6. The van der Waals surface area contributed by atoms with E-state index in [0.29, 0.717) is 0 Å². The van der Waals surface area contributed by atoms with Crippen LogP contribution in [0.15, 0.2) is 65.6 Å². The third-order valence-electron chi connectivity index (χ3n) is 4.50. The number of carbonyl (C=O) groups excluding carboxylic acids is 1. The SMILES string of the molecule is COc1cc([N+](=O)[O-])ccc1NC(=O)c1ccc(=O)n(Cc2cccc(C(F)(F)F)c2)c1. The number of halogens is 3. The summed E-state index contributed by atoms with van der Waals surface area (Å²) in [5.41, 5.74) is -1.13. The lowest BCUT2D eigenvalue weighted by Gasteiger charge is -2.12. The van der Waals surface area contributed by atoms with E-state index in [-0.39, 0.29) is 34.8 Å². The Morgan fingerprint density at radius 1 is 1.16 bits per heavy atom. The summed E-state index contributed by atoms with van der Waals surface area (Å²) in [6.07, 6.45) is -3.30. The van der Waals surface area contributed by atoms with Crippen molar-refractivity contribution in [3.05, 3.63) is 98.0 Å².